The summed E-state index contributed by atoms with van der Waals surface area (Å²) in [5.74, 6) is -1.68. The Kier molecular flexibility index (Phi) is 3.32. The molecule has 1 amide bonds. The van der Waals surface area contributed by atoms with Gasteiger partial charge >= 0.3 is 5.97 Å². The molecule has 0 saturated carbocycles. The van der Waals surface area contributed by atoms with Crippen LogP contribution in [-0.2, 0) is 16.1 Å². The van der Waals surface area contributed by atoms with E-state index in [4.69, 9.17) is 5.11 Å². The number of carboxylic acid groups (broad SMARTS) is 1. The van der Waals surface area contributed by atoms with Crippen LogP contribution in [0.1, 0.15) is 24.0 Å². The Morgan fingerprint density at radius 3 is 2.94 bits per heavy atom. The molecule has 0 spiro atoms. The SMILES string of the molecule is Cc1ccc(F)c(CN2C(=O)CCC2C(=O)O)c1. The van der Waals surface area contributed by atoms with E-state index < -0.39 is 17.8 Å². The highest BCUT2D eigenvalue weighted by molar-refractivity contribution is 5.87. The molecule has 1 unspecified atom stereocenters. The molecule has 1 saturated heterocycles. The standard InChI is InChI=1S/C13H14FNO3/c1-8-2-3-10(14)9(6-8)7-15-11(13(17)18)4-5-12(15)16/h2-3,6,11H,4-5,7H2,1H3,(H,17,18). The monoisotopic (exact) mass is 251 g/mol. The normalized spacial score (nSPS) is 19.3. The lowest BCUT2D eigenvalue weighted by atomic mass is 10.1. The molecule has 1 N–H and O–H groups in total. The van der Waals surface area contributed by atoms with Crippen molar-refractivity contribution in [2.45, 2.75) is 32.4 Å². The van der Waals surface area contributed by atoms with Gasteiger partial charge in [0.25, 0.3) is 0 Å². The fraction of sp³-hybridized carbons (Fsp3) is 0.385. The van der Waals surface area contributed by atoms with Crippen molar-refractivity contribution < 1.29 is 19.1 Å². The van der Waals surface area contributed by atoms with Crippen LogP contribution in [-0.4, -0.2) is 27.9 Å². The average Bonchev–Trinajstić information content (AvgIpc) is 2.66. The summed E-state index contributed by atoms with van der Waals surface area (Å²) in [6.07, 6.45) is 0.506. The Balaban J connectivity index is 2.24. The molecule has 0 aliphatic carbocycles. The third kappa shape index (κ3) is 2.34. The third-order valence-electron chi connectivity index (χ3n) is 3.16. The molecule has 2 rings (SSSR count). The molecule has 1 fully saturated rings. The predicted octanol–water partition coefficient (Wildman–Crippen LogP) is 1.71. The molecule has 5 heteroatoms. The van der Waals surface area contributed by atoms with Crippen molar-refractivity contribution >= 4 is 11.9 Å². The summed E-state index contributed by atoms with van der Waals surface area (Å²) in [5.41, 5.74) is 1.24. The smallest absolute Gasteiger partial charge is 0.326 e. The number of benzene rings is 1. The molecule has 18 heavy (non-hydrogen) atoms. The maximum absolute atomic E-state index is 13.6. The Labute approximate surface area is 104 Å². The Bertz CT molecular complexity index is 501. The van der Waals surface area contributed by atoms with Crippen molar-refractivity contribution in [2.24, 2.45) is 0 Å². The molecule has 1 aliphatic heterocycles. The van der Waals surface area contributed by atoms with Crippen molar-refractivity contribution in [2.75, 3.05) is 0 Å². The maximum Gasteiger partial charge on any atom is 0.326 e. The van der Waals surface area contributed by atoms with Gasteiger partial charge in [-0.2, -0.15) is 0 Å². The van der Waals surface area contributed by atoms with Crippen LogP contribution in [0, 0.1) is 12.7 Å². The van der Waals surface area contributed by atoms with Crippen molar-refractivity contribution in [1.29, 1.82) is 0 Å². The molecule has 96 valence electrons. The summed E-state index contributed by atoms with van der Waals surface area (Å²) in [7, 11) is 0. The van der Waals surface area contributed by atoms with Crippen LogP contribution in [0.3, 0.4) is 0 Å². The minimum absolute atomic E-state index is 0.0172. The Hall–Kier alpha value is -1.91. The summed E-state index contributed by atoms with van der Waals surface area (Å²) >= 11 is 0. The third-order valence-corrected chi connectivity index (χ3v) is 3.16. The quantitative estimate of drug-likeness (QED) is 0.889. The van der Waals surface area contributed by atoms with E-state index in [9.17, 15) is 14.0 Å². The first-order valence-corrected chi connectivity index (χ1v) is 5.76. The fourth-order valence-corrected chi connectivity index (χ4v) is 2.20. The van der Waals surface area contributed by atoms with E-state index in [1.165, 1.54) is 11.0 Å². The van der Waals surface area contributed by atoms with Gasteiger partial charge in [0, 0.05) is 18.5 Å². The number of nitrogens with zero attached hydrogens (tertiary/aromatic N) is 1. The minimum Gasteiger partial charge on any atom is -0.480 e. The highest BCUT2D eigenvalue weighted by atomic mass is 19.1. The first kappa shape index (κ1) is 12.5. The van der Waals surface area contributed by atoms with Crippen molar-refractivity contribution in [1.82, 2.24) is 4.90 Å². The van der Waals surface area contributed by atoms with Crippen LogP contribution in [0.25, 0.3) is 0 Å². The molecule has 1 aromatic carbocycles. The van der Waals surface area contributed by atoms with Crippen molar-refractivity contribution in [3.8, 4) is 0 Å². The number of aryl methyl sites for hydroxylation is 1. The molecule has 0 aromatic heterocycles. The summed E-state index contributed by atoms with van der Waals surface area (Å²) in [6, 6.07) is 3.78. The lowest BCUT2D eigenvalue weighted by Crippen LogP contribution is -2.38. The summed E-state index contributed by atoms with van der Waals surface area (Å²) < 4.78 is 13.6. The second kappa shape index (κ2) is 4.76. The molecule has 1 aromatic rings. The van der Waals surface area contributed by atoms with E-state index in [-0.39, 0.29) is 18.9 Å². The highest BCUT2D eigenvalue weighted by Gasteiger charge is 2.36. The van der Waals surface area contributed by atoms with Gasteiger partial charge in [-0.3, -0.25) is 4.79 Å². The zero-order chi connectivity index (χ0) is 13.3. The van der Waals surface area contributed by atoms with Crippen LogP contribution < -0.4 is 0 Å². The van der Waals surface area contributed by atoms with Gasteiger partial charge in [-0.15, -0.1) is 0 Å². The maximum atomic E-state index is 13.6. The predicted molar refractivity (Wildman–Crippen MR) is 62.3 cm³/mol. The lowest BCUT2D eigenvalue weighted by Gasteiger charge is -2.22. The number of aliphatic carboxylic acids is 1. The number of hydrogen-bond donors (Lipinski definition) is 1. The van der Waals surface area contributed by atoms with E-state index in [0.717, 1.165) is 5.56 Å². The van der Waals surface area contributed by atoms with Crippen molar-refractivity contribution in [3.63, 3.8) is 0 Å². The molecule has 1 atom stereocenters. The topological polar surface area (TPSA) is 57.6 Å². The van der Waals surface area contributed by atoms with Crippen LogP contribution >= 0.6 is 0 Å². The molecule has 1 heterocycles. The molecular formula is C13H14FNO3. The molecular weight excluding hydrogens is 237 g/mol. The first-order valence-electron chi connectivity index (χ1n) is 5.76. The minimum atomic E-state index is -1.03. The van der Waals surface area contributed by atoms with E-state index in [1.54, 1.807) is 12.1 Å². The number of halogens is 1. The number of carbonyl (C=O) groups is 2. The number of likely N-dealkylation sites (tertiary alicyclic amines) is 1. The van der Waals surface area contributed by atoms with E-state index in [0.29, 0.717) is 12.0 Å². The highest BCUT2D eigenvalue weighted by Crippen LogP contribution is 2.23. The van der Waals surface area contributed by atoms with Gasteiger partial charge < -0.3 is 10.0 Å². The van der Waals surface area contributed by atoms with Gasteiger partial charge in [0.15, 0.2) is 0 Å². The van der Waals surface area contributed by atoms with Crippen LogP contribution in [0.2, 0.25) is 0 Å². The van der Waals surface area contributed by atoms with Gasteiger partial charge in [0.05, 0.1) is 0 Å². The van der Waals surface area contributed by atoms with E-state index >= 15 is 0 Å². The summed E-state index contributed by atoms with van der Waals surface area (Å²) in [5, 5.41) is 9.02. The van der Waals surface area contributed by atoms with E-state index in [2.05, 4.69) is 0 Å². The van der Waals surface area contributed by atoms with Crippen molar-refractivity contribution in [3.05, 3.63) is 35.1 Å². The number of amides is 1. The second-order valence-corrected chi connectivity index (χ2v) is 4.51. The van der Waals surface area contributed by atoms with Gasteiger partial charge in [-0.25, -0.2) is 9.18 Å². The number of rotatable bonds is 3. The largest absolute Gasteiger partial charge is 0.480 e. The second-order valence-electron chi connectivity index (χ2n) is 4.51. The molecule has 4 nitrogen and oxygen atoms in total. The van der Waals surface area contributed by atoms with Crippen LogP contribution in [0.15, 0.2) is 18.2 Å². The van der Waals surface area contributed by atoms with Crippen LogP contribution in [0.5, 0.6) is 0 Å². The van der Waals surface area contributed by atoms with Gasteiger partial charge in [0.1, 0.15) is 11.9 Å². The van der Waals surface area contributed by atoms with Gasteiger partial charge in [-0.05, 0) is 19.4 Å². The summed E-state index contributed by atoms with van der Waals surface area (Å²) in [4.78, 5) is 23.9. The molecule has 0 bridgehead atoms. The Morgan fingerprint density at radius 1 is 1.56 bits per heavy atom. The summed E-state index contributed by atoms with van der Waals surface area (Å²) in [6.45, 7) is 1.84. The zero-order valence-corrected chi connectivity index (χ0v) is 10.0. The average molecular weight is 251 g/mol. The number of hydrogen-bond acceptors (Lipinski definition) is 2. The molecule has 1 aliphatic rings. The van der Waals surface area contributed by atoms with Crippen LogP contribution in [0.4, 0.5) is 4.39 Å². The molecule has 0 radical (unpaired) electrons. The van der Waals surface area contributed by atoms with E-state index in [1.807, 2.05) is 6.92 Å². The van der Waals surface area contributed by atoms with Gasteiger partial charge in [-0.1, -0.05) is 17.7 Å². The number of carboxylic acids is 1. The Morgan fingerprint density at radius 2 is 2.28 bits per heavy atom. The van der Waals surface area contributed by atoms with Gasteiger partial charge in [0.2, 0.25) is 5.91 Å². The zero-order valence-electron chi connectivity index (χ0n) is 10.0. The number of carbonyl (C=O) groups excluding carboxylic acids is 1. The lowest BCUT2D eigenvalue weighted by molar-refractivity contribution is -0.146. The fourth-order valence-electron chi connectivity index (χ4n) is 2.20. The first-order chi connectivity index (χ1) is 8.49.